The van der Waals surface area contributed by atoms with Gasteiger partial charge in [0.1, 0.15) is 5.75 Å². The van der Waals surface area contributed by atoms with Crippen LogP contribution in [0.2, 0.25) is 0 Å². The first-order valence-electron chi connectivity index (χ1n) is 5.67. The number of unbranched alkanes of at least 4 members (excludes halogenated alkanes) is 1. The molecule has 0 atom stereocenters. The molecule has 1 aromatic rings. The molecule has 0 saturated carbocycles. The lowest BCUT2D eigenvalue weighted by atomic mass is 10.1. The molecule has 3 heteroatoms. The second-order valence-corrected chi connectivity index (χ2v) is 3.86. The van der Waals surface area contributed by atoms with Gasteiger partial charge in [-0.05, 0) is 30.2 Å². The third-order valence-electron chi connectivity index (χ3n) is 2.62. The van der Waals surface area contributed by atoms with Gasteiger partial charge in [-0.2, -0.15) is 0 Å². The van der Waals surface area contributed by atoms with E-state index in [0.717, 1.165) is 17.7 Å². The Morgan fingerprint density at radius 1 is 1.53 bits per heavy atom. The molecule has 0 radical (unpaired) electrons. The highest BCUT2D eigenvalue weighted by molar-refractivity contribution is 5.89. The number of carbonyl (C=O) groups is 1. The Bertz CT molecular complexity index is 457. The van der Waals surface area contributed by atoms with Crippen LogP contribution in [0.1, 0.15) is 28.8 Å². The zero-order valence-corrected chi connectivity index (χ0v) is 9.57. The first-order valence-corrected chi connectivity index (χ1v) is 5.67. The van der Waals surface area contributed by atoms with Gasteiger partial charge in [-0.3, -0.25) is 0 Å². The molecule has 1 heterocycles. The quantitative estimate of drug-likeness (QED) is 0.452. The number of hydrogen-bond donors (Lipinski definition) is 0. The minimum absolute atomic E-state index is 0.295. The largest absolute Gasteiger partial charge is 0.493 e. The van der Waals surface area contributed by atoms with E-state index in [1.165, 1.54) is 0 Å². The topological polar surface area (TPSA) is 35.5 Å². The summed E-state index contributed by atoms with van der Waals surface area (Å²) in [5.41, 5.74) is 1.65. The number of hydrogen-bond acceptors (Lipinski definition) is 3. The third kappa shape index (κ3) is 2.79. The maximum absolute atomic E-state index is 11.7. The molecule has 17 heavy (non-hydrogen) atoms. The fourth-order valence-corrected chi connectivity index (χ4v) is 1.74. The molecule has 0 saturated heterocycles. The predicted octanol–water partition coefficient (Wildman–Crippen LogP) is 2.19. The van der Waals surface area contributed by atoms with Crippen molar-refractivity contribution in [2.75, 3.05) is 13.2 Å². The van der Waals surface area contributed by atoms with Gasteiger partial charge >= 0.3 is 5.97 Å². The second kappa shape index (κ2) is 5.40. The van der Waals surface area contributed by atoms with E-state index in [0.29, 0.717) is 31.6 Å². The zero-order valence-electron chi connectivity index (χ0n) is 9.57. The van der Waals surface area contributed by atoms with E-state index in [9.17, 15) is 4.79 Å². The van der Waals surface area contributed by atoms with Gasteiger partial charge in [0.2, 0.25) is 0 Å². The monoisotopic (exact) mass is 230 g/mol. The molecule has 2 rings (SSSR count). The summed E-state index contributed by atoms with van der Waals surface area (Å²) >= 11 is 0. The van der Waals surface area contributed by atoms with E-state index in [1.807, 2.05) is 12.1 Å². The van der Waals surface area contributed by atoms with Crippen molar-refractivity contribution in [3.05, 3.63) is 29.3 Å². The summed E-state index contributed by atoms with van der Waals surface area (Å²) in [7, 11) is 0. The van der Waals surface area contributed by atoms with Gasteiger partial charge < -0.3 is 9.47 Å². The first kappa shape index (κ1) is 11.5. The Morgan fingerprint density at radius 3 is 3.24 bits per heavy atom. The molecule has 1 aliphatic heterocycles. The van der Waals surface area contributed by atoms with Gasteiger partial charge in [0.15, 0.2) is 0 Å². The lowest BCUT2D eigenvalue weighted by Crippen LogP contribution is -2.06. The number of esters is 1. The molecular weight excluding hydrogens is 216 g/mol. The highest BCUT2D eigenvalue weighted by Gasteiger charge is 2.15. The van der Waals surface area contributed by atoms with Crippen LogP contribution >= 0.6 is 0 Å². The minimum atomic E-state index is -0.295. The summed E-state index contributed by atoms with van der Waals surface area (Å²) in [6, 6.07) is 5.39. The smallest absolute Gasteiger partial charge is 0.338 e. The number of carbonyl (C=O) groups excluding carboxylic acids is 1. The summed E-state index contributed by atoms with van der Waals surface area (Å²) in [6.07, 6.45) is 7.30. The summed E-state index contributed by atoms with van der Waals surface area (Å²) in [4.78, 5) is 11.7. The van der Waals surface area contributed by atoms with Crippen LogP contribution in [0.4, 0.5) is 0 Å². The molecule has 0 bridgehead atoms. The van der Waals surface area contributed by atoms with Crippen molar-refractivity contribution < 1.29 is 14.3 Å². The fourth-order valence-electron chi connectivity index (χ4n) is 1.74. The van der Waals surface area contributed by atoms with Gasteiger partial charge in [0.25, 0.3) is 0 Å². The normalized spacial score (nSPS) is 12.4. The predicted molar refractivity (Wildman–Crippen MR) is 64.0 cm³/mol. The number of benzene rings is 1. The maximum atomic E-state index is 11.7. The average Bonchev–Trinajstić information content (AvgIpc) is 2.81. The van der Waals surface area contributed by atoms with Crippen LogP contribution in [0.25, 0.3) is 0 Å². The number of ether oxygens (including phenoxy) is 2. The lowest BCUT2D eigenvalue weighted by molar-refractivity contribution is 0.0502. The molecule has 1 aromatic carbocycles. The van der Waals surface area contributed by atoms with Crippen LogP contribution in [-0.2, 0) is 11.2 Å². The third-order valence-corrected chi connectivity index (χ3v) is 2.62. The van der Waals surface area contributed by atoms with Gasteiger partial charge in [-0.15, -0.1) is 12.3 Å². The van der Waals surface area contributed by atoms with E-state index >= 15 is 0 Å². The fraction of sp³-hybridized carbons (Fsp3) is 0.357. The highest BCUT2D eigenvalue weighted by atomic mass is 16.5. The molecular formula is C14H14O3. The van der Waals surface area contributed by atoms with Crippen LogP contribution in [0.15, 0.2) is 18.2 Å². The summed E-state index contributed by atoms with van der Waals surface area (Å²) in [5, 5.41) is 0. The van der Waals surface area contributed by atoms with Crippen molar-refractivity contribution in [1.82, 2.24) is 0 Å². The molecule has 0 unspecified atom stereocenters. The van der Waals surface area contributed by atoms with Gasteiger partial charge in [-0.1, -0.05) is 0 Å². The van der Waals surface area contributed by atoms with E-state index in [2.05, 4.69) is 5.92 Å². The Hall–Kier alpha value is -1.95. The average molecular weight is 230 g/mol. The summed E-state index contributed by atoms with van der Waals surface area (Å²) in [6.45, 7) is 1.06. The van der Waals surface area contributed by atoms with Crippen molar-refractivity contribution >= 4 is 5.97 Å². The Kier molecular flexibility index (Phi) is 3.66. The van der Waals surface area contributed by atoms with Crippen LogP contribution < -0.4 is 4.74 Å². The van der Waals surface area contributed by atoms with Gasteiger partial charge in [0.05, 0.1) is 18.8 Å². The van der Waals surface area contributed by atoms with E-state index in [4.69, 9.17) is 15.9 Å². The molecule has 0 amide bonds. The minimum Gasteiger partial charge on any atom is -0.493 e. The van der Waals surface area contributed by atoms with Crippen LogP contribution in [-0.4, -0.2) is 19.2 Å². The van der Waals surface area contributed by atoms with E-state index < -0.39 is 0 Å². The van der Waals surface area contributed by atoms with Crippen LogP contribution in [0.5, 0.6) is 5.75 Å². The van der Waals surface area contributed by atoms with Crippen molar-refractivity contribution in [2.45, 2.75) is 19.3 Å². The number of fused-ring (bicyclic) bond motifs is 1. The van der Waals surface area contributed by atoms with E-state index in [1.54, 1.807) is 6.07 Å². The summed E-state index contributed by atoms with van der Waals surface area (Å²) in [5.74, 6) is 3.08. The zero-order chi connectivity index (χ0) is 12.1. The van der Waals surface area contributed by atoms with Crippen molar-refractivity contribution in [1.29, 1.82) is 0 Å². The van der Waals surface area contributed by atoms with Gasteiger partial charge in [0, 0.05) is 12.8 Å². The Balaban J connectivity index is 1.93. The van der Waals surface area contributed by atoms with Crippen LogP contribution in [0.3, 0.4) is 0 Å². The molecule has 88 valence electrons. The molecule has 0 N–H and O–H groups in total. The standard InChI is InChI=1S/C14H14O3/c1-2-3-4-8-17-14(15)12-5-6-13-11(10-12)7-9-16-13/h1,5-6,10H,3-4,7-9H2. The molecule has 0 fully saturated rings. The molecule has 0 aromatic heterocycles. The molecule has 0 spiro atoms. The molecule has 1 aliphatic rings. The highest BCUT2D eigenvalue weighted by Crippen LogP contribution is 2.26. The maximum Gasteiger partial charge on any atom is 0.338 e. The van der Waals surface area contributed by atoms with Gasteiger partial charge in [-0.25, -0.2) is 4.79 Å². The lowest BCUT2D eigenvalue weighted by Gasteiger charge is -2.05. The molecule has 0 aliphatic carbocycles. The van der Waals surface area contributed by atoms with Crippen molar-refractivity contribution in [3.8, 4) is 18.1 Å². The first-order chi connectivity index (χ1) is 8.31. The molecule has 3 nitrogen and oxygen atoms in total. The van der Waals surface area contributed by atoms with Crippen molar-refractivity contribution in [3.63, 3.8) is 0 Å². The summed E-state index contributed by atoms with van der Waals surface area (Å²) < 4.78 is 10.5. The SMILES string of the molecule is C#CCCCOC(=O)c1ccc2c(c1)CCO2. The van der Waals surface area contributed by atoms with Crippen LogP contribution in [0, 0.1) is 12.3 Å². The van der Waals surface area contributed by atoms with E-state index in [-0.39, 0.29) is 5.97 Å². The second-order valence-electron chi connectivity index (χ2n) is 3.86. The number of terminal acetylenes is 1. The number of rotatable bonds is 4. The van der Waals surface area contributed by atoms with Crippen molar-refractivity contribution in [2.24, 2.45) is 0 Å². The Morgan fingerprint density at radius 2 is 2.41 bits per heavy atom. The Labute approximate surface area is 101 Å².